The van der Waals surface area contributed by atoms with Crippen LogP contribution in [0.25, 0.3) is 6.08 Å². The summed E-state index contributed by atoms with van der Waals surface area (Å²) in [7, 11) is 0. The van der Waals surface area contributed by atoms with Crippen LogP contribution < -0.4 is 5.11 Å². The number of nitrogens with zero attached hydrogens (tertiary/aromatic N) is 1. The minimum Gasteiger partial charge on any atom is -0.547 e. The van der Waals surface area contributed by atoms with Gasteiger partial charge in [-0.05, 0) is 29.7 Å². The molecular weight excluding hydrogens is 354 g/mol. The van der Waals surface area contributed by atoms with Crippen molar-refractivity contribution in [3.05, 3.63) is 76.2 Å². The van der Waals surface area contributed by atoms with Gasteiger partial charge in [-0.2, -0.15) is 0 Å². The van der Waals surface area contributed by atoms with Crippen LogP contribution in [0.3, 0.4) is 0 Å². The van der Waals surface area contributed by atoms with Crippen LogP contribution in [0.15, 0.2) is 59.5 Å². The second kappa shape index (κ2) is 7.21. The Bertz CT molecular complexity index is 877. The van der Waals surface area contributed by atoms with Crippen molar-refractivity contribution in [3.8, 4) is 0 Å². The van der Waals surface area contributed by atoms with Crippen molar-refractivity contribution in [2.75, 3.05) is 0 Å². The SMILES string of the molecule is Cc1ccccc1/C=C1\SC(=S)N([C@H](C(=O)[O-])c2ccccc2)C1=O. The van der Waals surface area contributed by atoms with Gasteiger partial charge in [-0.1, -0.05) is 78.6 Å². The van der Waals surface area contributed by atoms with E-state index in [-0.39, 0.29) is 4.32 Å². The highest BCUT2D eigenvalue weighted by atomic mass is 32.2. The van der Waals surface area contributed by atoms with E-state index in [2.05, 4.69) is 0 Å². The Morgan fingerprint density at radius 1 is 1.16 bits per heavy atom. The molecule has 1 fully saturated rings. The third kappa shape index (κ3) is 3.50. The third-order valence-electron chi connectivity index (χ3n) is 3.90. The predicted octanol–water partition coefficient (Wildman–Crippen LogP) is 2.69. The number of hydrogen-bond acceptors (Lipinski definition) is 5. The van der Waals surface area contributed by atoms with Crippen molar-refractivity contribution >= 4 is 46.3 Å². The minimum atomic E-state index is -1.36. The zero-order valence-corrected chi connectivity index (χ0v) is 15.0. The number of carbonyl (C=O) groups excluding carboxylic acids is 2. The van der Waals surface area contributed by atoms with Gasteiger partial charge in [0.15, 0.2) is 0 Å². The van der Waals surface area contributed by atoms with E-state index in [0.717, 1.165) is 27.8 Å². The fourth-order valence-electron chi connectivity index (χ4n) is 2.62. The monoisotopic (exact) mass is 368 g/mol. The van der Waals surface area contributed by atoms with E-state index >= 15 is 0 Å². The molecule has 2 aromatic rings. The number of thioether (sulfide) groups is 1. The lowest BCUT2D eigenvalue weighted by Gasteiger charge is -2.27. The van der Waals surface area contributed by atoms with Gasteiger partial charge in [-0.15, -0.1) is 0 Å². The molecule has 0 aliphatic carbocycles. The van der Waals surface area contributed by atoms with Crippen LogP contribution in [0, 0.1) is 6.92 Å². The van der Waals surface area contributed by atoms with Crippen LogP contribution in [0.1, 0.15) is 22.7 Å². The molecule has 0 aromatic heterocycles. The Hall–Kier alpha value is -2.44. The summed E-state index contributed by atoms with van der Waals surface area (Å²) in [5.74, 6) is -1.78. The van der Waals surface area contributed by atoms with E-state index in [1.807, 2.05) is 31.2 Å². The lowest BCUT2D eigenvalue weighted by molar-refractivity contribution is -0.310. The number of rotatable bonds is 4. The summed E-state index contributed by atoms with van der Waals surface area (Å²) in [5.41, 5.74) is 2.37. The molecule has 0 N–H and O–H groups in total. The smallest absolute Gasteiger partial charge is 0.267 e. The molecule has 1 heterocycles. The van der Waals surface area contributed by atoms with Gasteiger partial charge in [0, 0.05) is 0 Å². The lowest BCUT2D eigenvalue weighted by Crippen LogP contribution is -2.43. The summed E-state index contributed by atoms with van der Waals surface area (Å²) in [5, 5.41) is 11.7. The van der Waals surface area contributed by atoms with Gasteiger partial charge in [0.2, 0.25) is 0 Å². The van der Waals surface area contributed by atoms with Gasteiger partial charge in [-0.25, -0.2) is 0 Å². The van der Waals surface area contributed by atoms with Crippen LogP contribution in [0.2, 0.25) is 0 Å². The van der Waals surface area contributed by atoms with Crippen molar-refractivity contribution in [1.82, 2.24) is 4.90 Å². The zero-order chi connectivity index (χ0) is 18.0. The van der Waals surface area contributed by atoms with Crippen LogP contribution in [0.5, 0.6) is 0 Å². The molecule has 6 heteroatoms. The first kappa shape index (κ1) is 17.4. The molecule has 0 radical (unpaired) electrons. The van der Waals surface area contributed by atoms with E-state index in [0.29, 0.717) is 10.5 Å². The van der Waals surface area contributed by atoms with Gasteiger partial charge >= 0.3 is 0 Å². The average Bonchev–Trinajstić information content (AvgIpc) is 2.86. The number of hydrogen-bond donors (Lipinski definition) is 0. The predicted molar refractivity (Wildman–Crippen MR) is 100 cm³/mol. The highest BCUT2D eigenvalue weighted by Crippen LogP contribution is 2.38. The maximum absolute atomic E-state index is 12.8. The summed E-state index contributed by atoms with van der Waals surface area (Å²) in [6, 6.07) is 14.9. The molecule has 2 aromatic carbocycles. The summed E-state index contributed by atoms with van der Waals surface area (Å²) in [6.07, 6.45) is 1.74. The molecule has 0 unspecified atom stereocenters. The van der Waals surface area contributed by atoms with E-state index in [1.54, 1.807) is 36.4 Å². The molecule has 126 valence electrons. The molecular formula is C19H14NO3S2-. The first-order chi connectivity index (χ1) is 12.0. The van der Waals surface area contributed by atoms with Crippen molar-refractivity contribution < 1.29 is 14.7 Å². The molecule has 1 aliphatic rings. The van der Waals surface area contributed by atoms with Gasteiger partial charge in [0.05, 0.1) is 10.9 Å². The number of aryl methyl sites for hydroxylation is 1. The van der Waals surface area contributed by atoms with E-state index in [1.165, 1.54) is 0 Å². The molecule has 25 heavy (non-hydrogen) atoms. The van der Waals surface area contributed by atoms with Gasteiger partial charge in [-0.3, -0.25) is 9.69 Å². The van der Waals surface area contributed by atoms with Crippen molar-refractivity contribution in [1.29, 1.82) is 0 Å². The molecule has 1 amide bonds. The Balaban J connectivity index is 1.98. The average molecular weight is 368 g/mol. The standard InChI is InChI=1S/C19H15NO3S2/c1-12-7-5-6-10-14(12)11-15-17(21)20(19(24)25-15)16(18(22)23)13-8-3-2-4-9-13/h2-11,16H,1H3,(H,22,23)/p-1/b15-11-/t16-/m0/s1. The number of carboxylic acids is 1. The Kier molecular flexibility index (Phi) is 5.01. The second-order valence-corrected chi connectivity index (χ2v) is 7.22. The van der Waals surface area contributed by atoms with Crippen LogP contribution in [0.4, 0.5) is 0 Å². The maximum atomic E-state index is 12.8. The largest absolute Gasteiger partial charge is 0.547 e. The molecule has 0 spiro atoms. The second-order valence-electron chi connectivity index (χ2n) is 5.54. The lowest BCUT2D eigenvalue weighted by atomic mass is 10.1. The van der Waals surface area contributed by atoms with Gasteiger partial charge in [0.1, 0.15) is 10.4 Å². The Morgan fingerprint density at radius 3 is 2.44 bits per heavy atom. The first-order valence-corrected chi connectivity index (χ1v) is 8.80. The number of carboxylic acid groups (broad SMARTS) is 1. The zero-order valence-electron chi connectivity index (χ0n) is 13.3. The number of aliphatic carboxylic acids is 1. The molecule has 1 aliphatic heterocycles. The maximum Gasteiger partial charge on any atom is 0.267 e. The van der Waals surface area contributed by atoms with Crippen LogP contribution in [-0.4, -0.2) is 21.1 Å². The molecule has 0 saturated carbocycles. The minimum absolute atomic E-state index is 0.211. The van der Waals surface area contributed by atoms with Gasteiger partial charge < -0.3 is 9.90 Å². The molecule has 1 atom stereocenters. The Labute approximate surface area is 155 Å². The number of carbonyl (C=O) groups is 2. The fraction of sp³-hybridized carbons (Fsp3) is 0.105. The fourth-order valence-corrected chi connectivity index (χ4v) is 3.92. The molecule has 4 nitrogen and oxygen atoms in total. The van der Waals surface area contributed by atoms with E-state index in [9.17, 15) is 14.7 Å². The molecule has 3 rings (SSSR count). The summed E-state index contributed by atoms with van der Waals surface area (Å²) in [6.45, 7) is 1.94. The highest BCUT2D eigenvalue weighted by molar-refractivity contribution is 8.26. The first-order valence-electron chi connectivity index (χ1n) is 7.57. The van der Waals surface area contributed by atoms with Crippen molar-refractivity contribution in [2.24, 2.45) is 0 Å². The summed E-state index contributed by atoms with van der Waals surface area (Å²) in [4.78, 5) is 26.0. The third-order valence-corrected chi connectivity index (χ3v) is 5.23. The number of thiocarbonyl (C=S) groups is 1. The van der Waals surface area contributed by atoms with Crippen molar-refractivity contribution in [2.45, 2.75) is 13.0 Å². The van der Waals surface area contributed by atoms with Crippen LogP contribution >= 0.6 is 24.0 Å². The van der Waals surface area contributed by atoms with Gasteiger partial charge in [0.25, 0.3) is 5.91 Å². The number of amides is 1. The summed E-state index contributed by atoms with van der Waals surface area (Å²) < 4.78 is 0.211. The van der Waals surface area contributed by atoms with E-state index in [4.69, 9.17) is 12.2 Å². The topological polar surface area (TPSA) is 60.4 Å². The quantitative estimate of drug-likeness (QED) is 0.613. The number of benzene rings is 2. The van der Waals surface area contributed by atoms with E-state index < -0.39 is 17.9 Å². The highest BCUT2D eigenvalue weighted by Gasteiger charge is 2.38. The normalized spacial score (nSPS) is 17.2. The van der Waals surface area contributed by atoms with Crippen LogP contribution in [-0.2, 0) is 9.59 Å². The summed E-state index contributed by atoms with van der Waals surface area (Å²) >= 11 is 6.38. The molecule has 1 saturated heterocycles. The molecule has 0 bridgehead atoms. The van der Waals surface area contributed by atoms with Crippen molar-refractivity contribution in [3.63, 3.8) is 0 Å². The Morgan fingerprint density at radius 2 is 1.80 bits per heavy atom.